The van der Waals surface area contributed by atoms with E-state index >= 15 is 0 Å². The van der Waals surface area contributed by atoms with Crippen molar-refractivity contribution in [1.29, 1.82) is 0 Å². The van der Waals surface area contributed by atoms with Crippen LogP contribution in [0.4, 0.5) is 0 Å². The first-order chi connectivity index (χ1) is 7.32. The number of carbonyl (C=O) groups is 1. The Kier molecular flexibility index (Phi) is 1.23. The third-order valence-corrected chi connectivity index (χ3v) is 7.43. The zero-order valence-electron chi connectivity index (χ0n) is 10.9. The standard InChI is InChI=1S/C15H22O/c1-12(2)6-5-7-13(3)10-9-8-15(12,13)11(16)14(9,10)4/h9-10H,5-8H2,1-4H3/t9-,10-,13-,14-,15-/m1/s1. The van der Waals surface area contributed by atoms with Crippen LogP contribution in [-0.4, -0.2) is 5.78 Å². The van der Waals surface area contributed by atoms with Crippen LogP contribution in [0.25, 0.3) is 0 Å². The van der Waals surface area contributed by atoms with Crippen LogP contribution in [0.3, 0.4) is 0 Å². The van der Waals surface area contributed by atoms with Crippen LogP contribution >= 0.6 is 0 Å². The number of Topliss-reactive ketones (excluding diaryl/α,β-unsaturated/α-hetero) is 1. The molecule has 5 atom stereocenters. The van der Waals surface area contributed by atoms with E-state index in [0.29, 0.717) is 11.2 Å². The van der Waals surface area contributed by atoms with Gasteiger partial charge in [0.2, 0.25) is 0 Å². The van der Waals surface area contributed by atoms with Gasteiger partial charge in [-0.15, -0.1) is 0 Å². The molecular weight excluding hydrogens is 196 g/mol. The Balaban J connectivity index is 2.00. The van der Waals surface area contributed by atoms with E-state index in [1.165, 1.54) is 25.7 Å². The molecule has 5 fully saturated rings. The van der Waals surface area contributed by atoms with E-state index in [2.05, 4.69) is 27.7 Å². The van der Waals surface area contributed by atoms with Crippen molar-refractivity contribution >= 4 is 5.78 Å². The molecule has 0 radical (unpaired) electrons. The van der Waals surface area contributed by atoms with Crippen molar-refractivity contribution in [1.82, 2.24) is 0 Å². The van der Waals surface area contributed by atoms with Gasteiger partial charge in [0.1, 0.15) is 5.78 Å². The number of hydrogen-bond acceptors (Lipinski definition) is 1. The fourth-order valence-electron chi connectivity index (χ4n) is 6.82. The van der Waals surface area contributed by atoms with Gasteiger partial charge in [0.05, 0.1) is 0 Å². The summed E-state index contributed by atoms with van der Waals surface area (Å²) in [6.07, 6.45) is 5.11. The van der Waals surface area contributed by atoms with E-state index in [4.69, 9.17) is 0 Å². The van der Waals surface area contributed by atoms with Crippen molar-refractivity contribution in [2.75, 3.05) is 0 Å². The quantitative estimate of drug-likeness (QED) is 0.609. The van der Waals surface area contributed by atoms with Gasteiger partial charge >= 0.3 is 0 Å². The lowest BCUT2D eigenvalue weighted by molar-refractivity contribution is -0.145. The Bertz CT molecular complexity index is 423. The fraction of sp³-hybridized carbons (Fsp3) is 0.933. The minimum absolute atomic E-state index is 0.0579. The summed E-state index contributed by atoms with van der Waals surface area (Å²) < 4.78 is 0. The molecule has 5 aliphatic rings. The van der Waals surface area contributed by atoms with E-state index in [-0.39, 0.29) is 16.2 Å². The Morgan fingerprint density at radius 2 is 1.81 bits per heavy atom. The lowest BCUT2D eigenvalue weighted by Gasteiger charge is -2.54. The number of rotatable bonds is 0. The second kappa shape index (κ2) is 2.04. The van der Waals surface area contributed by atoms with Gasteiger partial charge in [-0.1, -0.05) is 34.1 Å². The average molecular weight is 218 g/mol. The molecule has 0 N–H and O–H groups in total. The third-order valence-electron chi connectivity index (χ3n) is 7.43. The lowest BCUT2D eigenvalue weighted by Crippen LogP contribution is -2.52. The normalized spacial score (nSPS) is 64.6. The van der Waals surface area contributed by atoms with Crippen LogP contribution < -0.4 is 0 Å². The van der Waals surface area contributed by atoms with Crippen molar-refractivity contribution in [2.45, 2.75) is 53.4 Å². The summed E-state index contributed by atoms with van der Waals surface area (Å²) in [5.41, 5.74) is 0.766. The Hall–Kier alpha value is -0.330. The Morgan fingerprint density at radius 1 is 1.12 bits per heavy atom. The molecule has 16 heavy (non-hydrogen) atoms. The zero-order valence-corrected chi connectivity index (χ0v) is 10.9. The summed E-state index contributed by atoms with van der Waals surface area (Å²) in [5.74, 6) is 2.15. The first-order valence-corrected chi connectivity index (χ1v) is 6.87. The van der Waals surface area contributed by atoms with E-state index in [9.17, 15) is 4.79 Å². The van der Waals surface area contributed by atoms with Gasteiger partial charge < -0.3 is 0 Å². The molecule has 5 saturated carbocycles. The molecule has 0 aliphatic heterocycles. The first kappa shape index (κ1) is 9.67. The summed E-state index contributed by atoms with van der Waals surface area (Å²) in [4.78, 5) is 12.9. The van der Waals surface area contributed by atoms with E-state index in [0.717, 1.165) is 11.8 Å². The maximum Gasteiger partial charge on any atom is 0.146 e. The van der Waals surface area contributed by atoms with Gasteiger partial charge in [-0.2, -0.15) is 0 Å². The number of carbonyl (C=O) groups excluding carboxylic acids is 1. The van der Waals surface area contributed by atoms with Crippen LogP contribution in [-0.2, 0) is 4.79 Å². The molecular formula is C15H22O. The maximum absolute atomic E-state index is 12.9. The van der Waals surface area contributed by atoms with Crippen molar-refractivity contribution in [2.24, 2.45) is 33.5 Å². The average Bonchev–Trinajstić information content (AvgIpc) is 2.45. The predicted molar refractivity (Wildman–Crippen MR) is 62.9 cm³/mol. The van der Waals surface area contributed by atoms with Crippen LogP contribution in [0, 0.1) is 33.5 Å². The van der Waals surface area contributed by atoms with E-state index in [1.54, 1.807) is 0 Å². The fourth-order valence-corrected chi connectivity index (χ4v) is 6.82. The largest absolute Gasteiger partial charge is 0.298 e. The van der Waals surface area contributed by atoms with Crippen molar-refractivity contribution < 1.29 is 4.79 Å². The molecule has 0 amide bonds. The summed E-state index contributed by atoms with van der Waals surface area (Å²) in [6, 6.07) is 0. The molecule has 5 rings (SSSR count). The predicted octanol–water partition coefficient (Wildman–Crippen LogP) is 3.43. The smallest absolute Gasteiger partial charge is 0.146 e. The maximum atomic E-state index is 12.9. The SMILES string of the molecule is CC1(C)CCC[C@]2(C)[C@H]3[C@H]4C[C@@]12C(=O)[C@]43C. The topological polar surface area (TPSA) is 17.1 Å². The number of hydrogen-bond donors (Lipinski definition) is 0. The van der Waals surface area contributed by atoms with Crippen molar-refractivity contribution in [3.8, 4) is 0 Å². The van der Waals surface area contributed by atoms with Gasteiger partial charge in [0.15, 0.2) is 0 Å². The van der Waals surface area contributed by atoms with Gasteiger partial charge in [0.25, 0.3) is 0 Å². The molecule has 88 valence electrons. The minimum atomic E-state index is 0.0579. The van der Waals surface area contributed by atoms with Crippen LogP contribution in [0.1, 0.15) is 53.4 Å². The number of ketones is 1. The highest BCUT2D eigenvalue weighted by atomic mass is 16.1. The van der Waals surface area contributed by atoms with Crippen LogP contribution in [0.15, 0.2) is 0 Å². The highest BCUT2D eigenvalue weighted by Gasteiger charge is 2.93. The molecule has 1 spiro atoms. The summed E-state index contributed by atoms with van der Waals surface area (Å²) in [5, 5.41) is 0. The molecule has 0 heterocycles. The van der Waals surface area contributed by atoms with Gasteiger partial charge in [-0.05, 0) is 41.9 Å². The molecule has 1 heteroatoms. The molecule has 0 aromatic heterocycles. The molecule has 0 unspecified atom stereocenters. The Labute approximate surface area is 98.0 Å². The van der Waals surface area contributed by atoms with Gasteiger partial charge in [0, 0.05) is 10.8 Å². The lowest BCUT2D eigenvalue weighted by atomic mass is 9.48. The Morgan fingerprint density at radius 3 is 2.31 bits per heavy atom. The van der Waals surface area contributed by atoms with Crippen molar-refractivity contribution in [3.05, 3.63) is 0 Å². The van der Waals surface area contributed by atoms with Gasteiger partial charge in [-0.25, -0.2) is 0 Å². The minimum Gasteiger partial charge on any atom is -0.298 e. The third kappa shape index (κ3) is 0.559. The second-order valence-corrected chi connectivity index (χ2v) is 7.96. The van der Waals surface area contributed by atoms with Crippen molar-refractivity contribution in [3.63, 3.8) is 0 Å². The molecule has 5 aliphatic carbocycles. The highest BCUT2D eigenvalue weighted by molar-refractivity contribution is 6.01. The van der Waals surface area contributed by atoms with Crippen LogP contribution in [0.2, 0.25) is 0 Å². The summed E-state index contributed by atoms with van der Waals surface area (Å²) >= 11 is 0. The van der Waals surface area contributed by atoms with E-state index < -0.39 is 0 Å². The second-order valence-electron chi connectivity index (χ2n) is 7.96. The van der Waals surface area contributed by atoms with E-state index in [1.807, 2.05) is 0 Å². The molecule has 0 saturated heterocycles. The summed E-state index contributed by atoms with van der Waals surface area (Å²) in [6.45, 7) is 9.42. The van der Waals surface area contributed by atoms with Crippen LogP contribution in [0.5, 0.6) is 0 Å². The van der Waals surface area contributed by atoms with Gasteiger partial charge in [-0.3, -0.25) is 4.79 Å². The molecule has 0 aromatic carbocycles. The summed E-state index contributed by atoms with van der Waals surface area (Å²) in [7, 11) is 0. The monoisotopic (exact) mass is 218 g/mol. The molecule has 0 aromatic rings. The molecule has 1 nitrogen and oxygen atoms in total. The first-order valence-electron chi connectivity index (χ1n) is 6.87. The zero-order chi connectivity index (χ0) is 11.6. The molecule has 4 bridgehead atoms. The highest BCUT2D eigenvalue weighted by Crippen LogP contribution is 2.92.